The summed E-state index contributed by atoms with van der Waals surface area (Å²) in [7, 11) is 4.28. The van der Waals surface area contributed by atoms with E-state index in [9.17, 15) is 0 Å². The van der Waals surface area contributed by atoms with Gasteiger partial charge < -0.3 is 10.6 Å². The molecule has 102 valence electrons. The van der Waals surface area contributed by atoms with Crippen molar-refractivity contribution >= 4 is 0 Å². The van der Waals surface area contributed by atoms with Gasteiger partial charge >= 0.3 is 0 Å². The zero-order valence-corrected chi connectivity index (χ0v) is 12.3. The van der Waals surface area contributed by atoms with Gasteiger partial charge in [-0.25, -0.2) is 0 Å². The molecule has 1 aromatic carbocycles. The Morgan fingerprint density at radius 3 is 2.11 bits per heavy atom. The minimum Gasteiger partial charge on any atom is -0.330 e. The first-order valence-electron chi connectivity index (χ1n) is 7.09. The van der Waals surface area contributed by atoms with E-state index in [4.69, 9.17) is 5.73 Å². The van der Waals surface area contributed by atoms with Crippen molar-refractivity contribution in [1.82, 2.24) is 4.90 Å². The molecule has 2 unspecified atom stereocenters. The molecule has 0 amide bonds. The Hall–Kier alpha value is -0.860. The molecule has 2 heteroatoms. The van der Waals surface area contributed by atoms with E-state index >= 15 is 0 Å². The Balaban J connectivity index is 2.92. The molecule has 0 aliphatic rings. The van der Waals surface area contributed by atoms with Crippen LogP contribution in [0.2, 0.25) is 0 Å². The number of hydrogen-bond donors (Lipinski definition) is 1. The van der Waals surface area contributed by atoms with Crippen LogP contribution in [0.3, 0.4) is 0 Å². The monoisotopic (exact) mass is 248 g/mol. The quantitative estimate of drug-likeness (QED) is 0.802. The molecule has 2 N–H and O–H groups in total. The Kier molecular flexibility index (Phi) is 6.37. The summed E-state index contributed by atoms with van der Waals surface area (Å²) in [5, 5.41) is 0. The highest BCUT2D eigenvalue weighted by atomic mass is 15.1. The molecule has 0 spiro atoms. The minimum absolute atomic E-state index is 0.427. The number of nitrogens with zero attached hydrogens (tertiary/aromatic N) is 1. The molecule has 1 rings (SSSR count). The van der Waals surface area contributed by atoms with Crippen molar-refractivity contribution in [3.05, 3.63) is 35.4 Å². The van der Waals surface area contributed by atoms with Gasteiger partial charge in [0.15, 0.2) is 0 Å². The van der Waals surface area contributed by atoms with Crippen LogP contribution in [0.4, 0.5) is 0 Å². The lowest BCUT2D eigenvalue weighted by Gasteiger charge is -2.31. The highest BCUT2D eigenvalue weighted by Gasteiger charge is 2.22. The summed E-state index contributed by atoms with van der Waals surface area (Å²) in [4.78, 5) is 2.29. The molecule has 0 bridgehead atoms. The summed E-state index contributed by atoms with van der Waals surface area (Å²) >= 11 is 0. The van der Waals surface area contributed by atoms with Gasteiger partial charge in [0.2, 0.25) is 0 Å². The summed E-state index contributed by atoms with van der Waals surface area (Å²) in [6.45, 7) is 5.19. The summed E-state index contributed by atoms with van der Waals surface area (Å²) in [5.74, 6) is 0.525. The zero-order chi connectivity index (χ0) is 13.5. The van der Waals surface area contributed by atoms with Gasteiger partial charge in [0.25, 0.3) is 0 Å². The highest BCUT2D eigenvalue weighted by molar-refractivity contribution is 5.25. The molecule has 0 aliphatic heterocycles. The van der Waals surface area contributed by atoms with Gasteiger partial charge in [-0.2, -0.15) is 0 Å². The van der Waals surface area contributed by atoms with E-state index in [1.54, 1.807) is 0 Å². The fourth-order valence-corrected chi connectivity index (χ4v) is 2.68. The summed E-state index contributed by atoms with van der Waals surface area (Å²) in [6, 6.07) is 9.50. The fourth-order valence-electron chi connectivity index (χ4n) is 2.68. The van der Waals surface area contributed by atoms with Gasteiger partial charge in [0.05, 0.1) is 0 Å². The van der Waals surface area contributed by atoms with E-state index in [1.807, 2.05) is 0 Å². The topological polar surface area (TPSA) is 29.3 Å². The highest BCUT2D eigenvalue weighted by Crippen LogP contribution is 2.28. The van der Waals surface area contributed by atoms with E-state index in [2.05, 4.69) is 57.1 Å². The van der Waals surface area contributed by atoms with Gasteiger partial charge in [-0.3, -0.25) is 0 Å². The van der Waals surface area contributed by atoms with Crippen LogP contribution in [0.1, 0.15) is 43.9 Å². The van der Waals surface area contributed by atoms with Gasteiger partial charge in [-0.05, 0) is 44.1 Å². The molecule has 0 saturated heterocycles. The van der Waals surface area contributed by atoms with E-state index in [0.717, 1.165) is 13.0 Å². The van der Waals surface area contributed by atoms with E-state index in [-0.39, 0.29) is 0 Å². The zero-order valence-electron chi connectivity index (χ0n) is 12.3. The fraction of sp³-hybridized carbons (Fsp3) is 0.625. The predicted octanol–water partition coefficient (Wildman–Crippen LogP) is 3.23. The number of benzene rings is 1. The second-order valence-electron chi connectivity index (χ2n) is 5.30. The second-order valence-corrected chi connectivity index (χ2v) is 5.30. The molecular formula is C16H28N2. The standard InChI is InChI=1S/C16H28N2/c1-5-7-13-8-10-15(11-9-13)16(18(3)4)14(6-2)12-17/h8-11,14,16H,5-7,12,17H2,1-4H3. The molecule has 0 fully saturated rings. The summed E-state index contributed by atoms with van der Waals surface area (Å²) < 4.78 is 0. The number of aryl methyl sites for hydroxylation is 1. The first-order valence-corrected chi connectivity index (χ1v) is 7.09. The summed E-state index contributed by atoms with van der Waals surface area (Å²) in [6.07, 6.45) is 3.49. The third-order valence-electron chi connectivity index (χ3n) is 3.69. The smallest absolute Gasteiger partial charge is 0.0382 e. The van der Waals surface area contributed by atoms with Crippen molar-refractivity contribution < 1.29 is 0 Å². The lowest BCUT2D eigenvalue weighted by atomic mass is 9.89. The average Bonchev–Trinajstić information content (AvgIpc) is 2.37. The molecule has 2 atom stereocenters. The molecule has 1 aromatic rings. The normalized spacial score (nSPS) is 14.8. The van der Waals surface area contributed by atoms with Crippen molar-refractivity contribution in [3.8, 4) is 0 Å². The number of rotatable bonds is 7. The Morgan fingerprint density at radius 1 is 1.11 bits per heavy atom. The number of hydrogen-bond acceptors (Lipinski definition) is 2. The maximum Gasteiger partial charge on any atom is 0.0382 e. The molecule has 0 radical (unpaired) electrons. The van der Waals surface area contributed by atoms with Crippen LogP contribution in [-0.2, 0) is 6.42 Å². The lowest BCUT2D eigenvalue weighted by molar-refractivity contribution is 0.211. The molecule has 2 nitrogen and oxygen atoms in total. The van der Waals surface area contributed by atoms with Crippen molar-refractivity contribution in [1.29, 1.82) is 0 Å². The minimum atomic E-state index is 0.427. The molecule has 0 saturated carbocycles. The van der Waals surface area contributed by atoms with Crippen LogP contribution in [0, 0.1) is 5.92 Å². The van der Waals surface area contributed by atoms with E-state index < -0.39 is 0 Å². The molecule has 0 aliphatic carbocycles. The third-order valence-corrected chi connectivity index (χ3v) is 3.69. The predicted molar refractivity (Wildman–Crippen MR) is 79.7 cm³/mol. The van der Waals surface area contributed by atoms with Crippen LogP contribution < -0.4 is 5.73 Å². The second kappa shape index (κ2) is 7.55. The van der Waals surface area contributed by atoms with E-state index in [0.29, 0.717) is 12.0 Å². The Morgan fingerprint density at radius 2 is 1.72 bits per heavy atom. The largest absolute Gasteiger partial charge is 0.330 e. The SMILES string of the molecule is CCCc1ccc(C(C(CC)CN)N(C)C)cc1. The average molecular weight is 248 g/mol. The lowest BCUT2D eigenvalue weighted by Crippen LogP contribution is -2.31. The molecule has 0 heterocycles. The maximum absolute atomic E-state index is 5.91. The Bertz CT molecular complexity index is 325. The van der Waals surface area contributed by atoms with Gasteiger partial charge in [-0.1, -0.05) is 51.0 Å². The van der Waals surface area contributed by atoms with Crippen molar-refractivity contribution in [3.63, 3.8) is 0 Å². The molecular weight excluding hydrogens is 220 g/mol. The van der Waals surface area contributed by atoms with Crippen molar-refractivity contribution in [2.24, 2.45) is 11.7 Å². The van der Waals surface area contributed by atoms with Crippen LogP contribution >= 0.6 is 0 Å². The van der Waals surface area contributed by atoms with Crippen LogP contribution in [-0.4, -0.2) is 25.5 Å². The van der Waals surface area contributed by atoms with Gasteiger partial charge in [0, 0.05) is 6.04 Å². The molecule has 18 heavy (non-hydrogen) atoms. The maximum atomic E-state index is 5.91. The number of nitrogens with two attached hydrogens (primary N) is 1. The van der Waals surface area contributed by atoms with Gasteiger partial charge in [0.1, 0.15) is 0 Å². The Labute approximate surface area is 112 Å². The first-order chi connectivity index (χ1) is 8.63. The third kappa shape index (κ3) is 3.82. The van der Waals surface area contributed by atoms with Gasteiger partial charge in [-0.15, -0.1) is 0 Å². The van der Waals surface area contributed by atoms with Crippen LogP contribution in [0.15, 0.2) is 24.3 Å². The van der Waals surface area contributed by atoms with Crippen LogP contribution in [0.25, 0.3) is 0 Å². The summed E-state index contributed by atoms with van der Waals surface area (Å²) in [5.41, 5.74) is 8.73. The van der Waals surface area contributed by atoms with Crippen molar-refractivity contribution in [2.45, 2.75) is 39.2 Å². The van der Waals surface area contributed by atoms with Crippen molar-refractivity contribution in [2.75, 3.05) is 20.6 Å². The first kappa shape index (κ1) is 15.2. The molecule has 0 aromatic heterocycles. The van der Waals surface area contributed by atoms with Crippen LogP contribution in [0.5, 0.6) is 0 Å². The van der Waals surface area contributed by atoms with E-state index in [1.165, 1.54) is 24.0 Å².